The molecule has 0 bridgehead atoms. The maximum atomic E-state index is 13.0. The maximum Gasteiger partial charge on any atom is 0.333 e. The molecule has 1 atom stereocenters. The van der Waals surface area contributed by atoms with Crippen LogP contribution in [0.3, 0.4) is 0 Å². The highest BCUT2D eigenvalue weighted by Crippen LogP contribution is 2.30. The van der Waals surface area contributed by atoms with Crippen molar-refractivity contribution in [2.24, 2.45) is 5.92 Å². The lowest BCUT2D eigenvalue weighted by atomic mass is 10.1. The minimum Gasteiger partial charge on any atom is -0.492 e. The van der Waals surface area contributed by atoms with E-state index in [2.05, 4.69) is 18.3 Å². The average Bonchev–Trinajstić information content (AvgIpc) is 3.61. The van der Waals surface area contributed by atoms with Gasteiger partial charge in [0.15, 0.2) is 6.10 Å². The van der Waals surface area contributed by atoms with Gasteiger partial charge in [0.2, 0.25) is 0 Å². The van der Waals surface area contributed by atoms with Crippen molar-refractivity contribution in [2.45, 2.75) is 53.1 Å². The first-order chi connectivity index (χ1) is 16.3. The summed E-state index contributed by atoms with van der Waals surface area (Å²) < 4.78 is 11.2. The number of nitrogens with one attached hydrogen (secondary N) is 1. The van der Waals surface area contributed by atoms with Crippen molar-refractivity contribution in [3.05, 3.63) is 58.7 Å². The van der Waals surface area contributed by atoms with Gasteiger partial charge >= 0.3 is 12.0 Å². The van der Waals surface area contributed by atoms with E-state index in [-0.39, 0.29) is 6.03 Å². The Morgan fingerprint density at radius 1 is 1.09 bits per heavy atom. The number of carboxylic acids is 1. The number of rotatable bonds is 12. The second-order valence-corrected chi connectivity index (χ2v) is 9.05. The molecule has 0 radical (unpaired) electrons. The van der Waals surface area contributed by atoms with E-state index in [0.717, 1.165) is 41.8 Å². The second kappa shape index (κ2) is 11.9. The maximum absolute atomic E-state index is 13.0. The Bertz CT molecular complexity index is 985. The number of carbonyl (C=O) groups excluding carboxylic acids is 1. The van der Waals surface area contributed by atoms with E-state index < -0.39 is 12.1 Å². The number of aryl methyl sites for hydroxylation is 3. The third-order valence-corrected chi connectivity index (χ3v) is 6.16. The Kier molecular flexibility index (Phi) is 8.93. The molecule has 184 valence electrons. The molecule has 2 aromatic rings. The highest BCUT2D eigenvalue weighted by Gasteiger charge is 2.27. The van der Waals surface area contributed by atoms with Gasteiger partial charge in [0.05, 0.1) is 6.54 Å². The smallest absolute Gasteiger partial charge is 0.333 e. The predicted octanol–water partition coefficient (Wildman–Crippen LogP) is 4.97. The van der Waals surface area contributed by atoms with E-state index in [1.165, 1.54) is 5.56 Å². The largest absolute Gasteiger partial charge is 0.492 e. The summed E-state index contributed by atoms with van der Waals surface area (Å²) in [6.07, 6.45) is 1.77. The number of urea groups is 1. The van der Waals surface area contributed by atoms with Gasteiger partial charge in [0.25, 0.3) is 0 Å². The van der Waals surface area contributed by atoms with E-state index in [0.29, 0.717) is 37.8 Å². The number of benzene rings is 2. The zero-order chi connectivity index (χ0) is 24.7. The van der Waals surface area contributed by atoms with Gasteiger partial charge in [-0.25, -0.2) is 9.59 Å². The first-order valence-corrected chi connectivity index (χ1v) is 12.0. The zero-order valence-corrected chi connectivity index (χ0v) is 20.6. The zero-order valence-electron chi connectivity index (χ0n) is 20.6. The quantitative estimate of drug-likeness (QED) is 0.459. The Balaban J connectivity index is 1.54. The van der Waals surface area contributed by atoms with Crippen LogP contribution in [-0.2, 0) is 16.0 Å². The van der Waals surface area contributed by atoms with Gasteiger partial charge in [-0.1, -0.05) is 18.2 Å². The summed E-state index contributed by atoms with van der Waals surface area (Å²) in [7, 11) is 0. The molecule has 1 unspecified atom stereocenters. The van der Waals surface area contributed by atoms with Crippen LogP contribution in [0.1, 0.15) is 42.0 Å². The molecule has 0 aromatic heterocycles. The molecule has 0 spiro atoms. The molecule has 3 rings (SSSR count). The number of amides is 2. The fraction of sp³-hybridized carbons (Fsp3) is 0.481. The van der Waals surface area contributed by atoms with Crippen LogP contribution >= 0.6 is 0 Å². The summed E-state index contributed by atoms with van der Waals surface area (Å²) in [5.41, 5.74) is 5.12. The molecular weight excluding hydrogens is 432 g/mol. The van der Waals surface area contributed by atoms with Crippen molar-refractivity contribution in [1.82, 2.24) is 4.90 Å². The first kappa shape index (κ1) is 25.6. The lowest BCUT2D eigenvalue weighted by Gasteiger charge is -2.24. The van der Waals surface area contributed by atoms with Crippen LogP contribution in [0.4, 0.5) is 10.5 Å². The SMILES string of the molecule is CCOC(Cc1ccc(OCCN(CC2CC2)C(=O)Nc2cc(C)c(C)cc2C)cc1)C(=O)O. The van der Waals surface area contributed by atoms with Crippen LogP contribution in [0.15, 0.2) is 36.4 Å². The Labute approximate surface area is 202 Å². The van der Waals surface area contributed by atoms with E-state index >= 15 is 0 Å². The van der Waals surface area contributed by atoms with Gasteiger partial charge in [-0.2, -0.15) is 0 Å². The molecule has 1 aliphatic carbocycles. The lowest BCUT2D eigenvalue weighted by Crippen LogP contribution is -2.39. The fourth-order valence-corrected chi connectivity index (χ4v) is 3.81. The molecule has 0 aliphatic heterocycles. The van der Waals surface area contributed by atoms with E-state index in [4.69, 9.17) is 9.47 Å². The topological polar surface area (TPSA) is 88.1 Å². The molecule has 7 heteroatoms. The molecule has 2 N–H and O–H groups in total. The average molecular weight is 469 g/mol. The number of hydrogen-bond donors (Lipinski definition) is 2. The minimum absolute atomic E-state index is 0.104. The summed E-state index contributed by atoms with van der Waals surface area (Å²) in [6, 6.07) is 11.4. The number of carboxylic acid groups (broad SMARTS) is 1. The van der Waals surface area contributed by atoms with E-state index in [1.807, 2.05) is 49.1 Å². The Hall–Kier alpha value is -3.06. The lowest BCUT2D eigenvalue weighted by molar-refractivity contribution is -0.149. The minimum atomic E-state index is -0.966. The van der Waals surface area contributed by atoms with Crippen LogP contribution in [0.25, 0.3) is 0 Å². The van der Waals surface area contributed by atoms with Gasteiger partial charge in [-0.15, -0.1) is 0 Å². The van der Waals surface area contributed by atoms with Crippen LogP contribution in [0, 0.1) is 26.7 Å². The van der Waals surface area contributed by atoms with E-state index in [9.17, 15) is 14.7 Å². The number of aliphatic carboxylic acids is 1. The number of carbonyl (C=O) groups is 2. The van der Waals surface area contributed by atoms with Crippen LogP contribution in [0.2, 0.25) is 0 Å². The summed E-state index contributed by atoms with van der Waals surface area (Å²) in [5.74, 6) is 0.287. The number of anilines is 1. The molecule has 1 saturated carbocycles. The Morgan fingerprint density at radius 2 is 1.76 bits per heavy atom. The van der Waals surface area contributed by atoms with Gasteiger partial charge in [0.1, 0.15) is 12.4 Å². The molecular formula is C27H36N2O5. The summed E-state index contributed by atoms with van der Waals surface area (Å²) >= 11 is 0. The molecule has 7 nitrogen and oxygen atoms in total. The highest BCUT2D eigenvalue weighted by atomic mass is 16.5. The molecule has 1 aliphatic rings. The highest BCUT2D eigenvalue weighted by molar-refractivity contribution is 5.90. The predicted molar refractivity (Wildman–Crippen MR) is 133 cm³/mol. The number of ether oxygens (including phenoxy) is 2. The van der Waals surface area contributed by atoms with Crippen molar-refractivity contribution in [2.75, 3.05) is 31.6 Å². The Morgan fingerprint density at radius 3 is 2.38 bits per heavy atom. The van der Waals surface area contributed by atoms with Crippen molar-refractivity contribution in [3.63, 3.8) is 0 Å². The fourth-order valence-electron chi connectivity index (χ4n) is 3.81. The number of nitrogens with zero attached hydrogens (tertiary/aromatic N) is 1. The van der Waals surface area contributed by atoms with Crippen LogP contribution < -0.4 is 10.1 Å². The van der Waals surface area contributed by atoms with Crippen molar-refractivity contribution >= 4 is 17.7 Å². The van der Waals surface area contributed by atoms with Crippen LogP contribution in [-0.4, -0.2) is 54.4 Å². The molecule has 1 fully saturated rings. The van der Waals surface area contributed by atoms with Gasteiger partial charge in [-0.05, 0) is 86.9 Å². The summed E-state index contributed by atoms with van der Waals surface area (Å²) in [4.78, 5) is 26.1. The van der Waals surface area contributed by atoms with E-state index in [1.54, 1.807) is 6.92 Å². The summed E-state index contributed by atoms with van der Waals surface area (Å²) in [5, 5.41) is 12.3. The molecule has 0 heterocycles. The van der Waals surface area contributed by atoms with Crippen molar-refractivity contribution in [1.29, 1.82) is 0 Å². The summed E-state index contributed by atoms with van der Waals surface area (Å²) in [6.45, 7) is 9.85. The molecule has 2 aromatic carbocycles. The standard InChI is InChI=1S/C27H36N2O5/c1-5-33-25(26(30)31)16-21-8-10-23(11-9-21)34-13-12-29(17-22-6-7-22)27(32)28-24-15-19(3)18(2)14-20(24)4/h8-11,14-15,22,25H,5-7,12-13,16-17H2,1-4H3,(H,28,32)(H,30,31). The normalized spacial score (nSPS) is 13.9. The second-order valence-electron chi connectivity index (χ2n) is 9.05. The van der Waals surface area contributed by atoms with Gasteiger partial charge in [-0.3, -0.25) is 0 Å². The molecule has 2 amide bonds. The number of hydrogen-bond acceptors (Lipinski definition) is 4. The molecule has 34 heavy (non-hydrogen) atoms. The molecule has 0 saturated heterocycles. The van der Waals surface area contributed by atoms with Crippen LogP contribution in [0.5, 0.6) is 5.75 Å². The van der Waals surface area contributed by atoms with Crippen molar-refractivity contribution < 1.29 is 24.2 Å². The third kappa shape index (κ3) is 7.48. The van der Waals surface area contributed by atoms with Crippen molar-refractivity contribution in [3.8, 4) is 5.75 Å². The van der Waals surface area contributed by atoms with Gasteiger partial charge < -0.3 is 24.8 Å². The van der Waals surface area contributed by atoms with Gasteiger partial charge in [0, 0.05) is 25.3 Å². The third-order valence-electron chi connectivity index (χ3n) is 6.16. The first-order valence-electron chi connectivity index (χ1n) is 12.0. The monoisotopic (exact) mass is 468 g/mol.